The molecule has 1 saturated heterocycles. The summed E-state index contributed by atoms with van der Waals surface area (Å²) in [5.74, 6) is 0.0889. The molecule has 0 aromatic heterocycles. The maximum atomic E-state index is 12.5. The third-order valence-corrected chi connectivity index (χ3v) is 4.23. The Labute approximate surface area is 121 Å². The maximum absolute atomic E-state index is 12.5. The number of carbonyl (C=O) groups is 1. The molecule has 20 heavy (non-hydrogen) atoms. The van der Waals surface area contributed by atoms with Gasteiger partial charge in [-0.1, -0.05) is 13.0 Å². The summed E-state index contributed by atoms with van der Waals surface area (Å²) in [7, 11) is 4.03. The highest BCUT2D eigenvalue weighted by Gasteiger charge is 2.39. The Hall–Kier alpha value is -1.55. The number of carbonyl (C=O) groups excluding carboxylic acids is 1. The first kappa shape index (κ1) is 14.9. The molecule has 1 atom stereocenters. The van der Waals surface area contributed by atoms with Gasteiger partial charge in [-0.2, -0.15) is 0 Å². The number of rotatable bonds is 4. The van der Waals surface area contributed by atoms with Crippen molar-refractivity contribution in [3.63, 3.8) is 0 Å². The van der Waals surface area contributed by atoms with Gasteiger partial charge in [0.15, 0.2) is 0 Å². The summed E-state index contributed by atoms with van der Waals surface area (Å²) in [5, 5.41) is 6.44. The zero-order chi connectivity index (χ0) is 14.8. The maximum Gasteiger partial charge on any atom is 0.244 e. The van der Waals surface area contributed by atoms with Gasteiger partial charge in [-0.15, -0.1) is 0 Å². The Kier molecular flexibility index (Phi) is 4.33. The van der Waals surface area contributed by atoms with Gasteiger partial charge in [0.1, 0.15) is 0 Å². The van der Waals surface area contributed by atoms with E-state index in [4.69, 9.17) is 0 Å². The van der Waals surface area contributed by atoms with Crippen LogP contribution in [0, 0.1) is 6.92 Å². The molecule has 1 amide bonds. The van der Waals surface area contributed by atoms with Crippen LogP contribution in [0.5, 0.6) is 0 Å². The van der Waals surface area contributed by atoms with Crippen molar-refractivity contribution in [3.05, 3.63) is 23.8 Å². The van der Waals surface area contributed by atoms with Gasteiger partial charge < -0.3 is 15.5 Å². The van der Waals surface area contributed by atoms with Crippen molar-refractivity contribution < 1.29 is 4.79 Å². The van der Waals surface area contributed by atoms with Crippen LogP contribution >= 0.6 is 0 Å². The molecule has 4 heteroatoms. The van der Waals surface area contributed by atoms with Crippen LogP contribution in [0.4, 0.5) is 11.4 Å². The van der Waals surface area contributed by atoms with Gasteiger partial charge in [-0.25, -0.2) is 0 Å². The average Bonchev–Trinajstić information content (AvgIpc) is 2.90. The molecule has 2 rings (SSSR count). The highest BCUT2D eigenvalue weighted by molar-refractivity contribution is 5.98. The molecule has 1 unspecified atom stereocenters. The lowest BCUT2D eigenvalue weighted by atomic mass is 9.93. The van der Waals surface area contributed by atoms with E-state index in [1.807, 2.05) is 32.3 Å². The summed E-state index contributed by atoms with van der Waals surface area (Å²) in [6, 6.07) is 6.05. The Morgan fingerprint density at radius 1 is 1.45 bits per heavy atom. The number of hydrogen-bond donors (Lipinski definition) is 2. The fraction of sp³-hybridized carbons (Fsp3) is 0.562. The predicted molar refractivity (Wildman–Crippen MR) is 84.4 cm³/mol. The van der Waals surface area contributed by atoms with E-state index in [2.05, 4.69) is 29.4 Å². The van der Waals surface area contributed by atoms with E-state index >= 15 is 0 Å². The van der Waals surface area contributed by atoms with Gasteiger partial charge in [-0.05, 0) is 50.4 Å². The van der Waals surface area contributed by atoms with Crippen LogP contribution in [0.2, 0.25) is 0 Å². The molecule has 0 spiro atoms. The molecule has 0 saturated carbocycles. The van der Waals surface area contributed by atoms with Crippen LogP contribution in [-0.4, -0.2) is 32.1 Å². The minimum atomic E-state index is -0.386. The summed E-state index contributed by atoms with van der Waals surface area (Å²) in [6.07, 6.45) is 2.81. The van der Waals surface area contributed by atoms with Gasteiger partial charge in [-0.3, -0.25) is 4.79 Å². The normalized spacial score (nSPS) is 21.8. The molecule has 0 bridgehead atoms. The van der Waals surface area contributed by atoms with E-state index in [1.54, 1.807) is 0 Å². The lowest BCUT2D eigenvalue weighted by molar-refractivity contribution is -0.122. The van der Waals surface area contributed by atoms with Crippen molar-refractivity contribution in [3.8, 4) is 0 Å². The molecule has 1 fully saturated rings. The van der Waals surface area contributed by atoms with Crippen LogP contribution in [0.3, 0.4) is 0 Å². The summed E-state index contributed by atoms with van der Waals surface area (Å²) >= 11 is 0. The topological polar surface area (TPSA) is 44.4 Å². The molecule has 1 heterocycles. The Bertz CT molecular complexity index is 490. The molecule has 2 N–H and O–H groups in total. The number of hydrogen-bond acceptors (Lipinski definition) is 3. The minimum Gasteiger partial charge on any atom is -0.377 e. The quantitative estimate of drug-likeness (QED) is 0.887. The summed E-state index contributed by atoms with van der Waals surface area (Å²) in [5.41, 5.74) is 2.82. The molecule has 1 aromatic rings. The van der Waals surface area contributed by atoms with E-state index in [9.17, 15) is 4.79 Å². The molecule has 110 valence electrons. The minimum absolute atomic E-state index is 0.0889. The second-order valence-corrected chi connectivity index (χ2v) is 5.82. The molecule has 1 aliphatic rings. The third-order valence-electron chi connectivity index (χ3n) is 4.23. The molecule has 0 radical (unpaired) electrons. The largest absolute Gasteiger partial charge is 0.377 e. The van der Waals surface area contributed by atoms with Crippen LogP contribution in [0.1, 0.15) is 31.7 Å². The highest BCUT2D eigenvalue weighted by Crippen LogP contribution is 2.27. The van der Waals surface area contributed by atoms with Crippen molar-refractivity contribution in [2.45, 2.75) is 38.6 Å². The van der Waals surface area contributed by atoms with Gasteiger partial charge in [0, 0.05) is 25.5 Å². The van der Waals surface area contributed by atoms with E-state index < -0.39 is 0 Å². The number of nitrogens with one attached hydrogen (secondary N) is 2. The van der Waals surface area contributed by atoms with Gasteiger partial charge in [0.2, 0.25) is 5.91 Å². The first-order valence-corrected chi connectivity index (χ1v) is 7.33. The van der Waals surface area contributed by atoms with Crippen LogP contribution in [0.25, 0.3) is 0 Å². The molecule has 0 aliphatic carbocycles. The predicted octanol–water partition coefficient (Wildman–Crippen LogP) is 2.53. The van der Waals surface area contributed by atoms with Crippen molar-refractivity contribution in [2.24, 2.45) is 0 Å². The monoisotopic (exact) mass is 275 g/mol. The summed E-state index contributed by atoms with van der Waals surface area (Å²) in [6.45, 7) is 5.07. The van der Waals surface area contributed by atoms with Crippen LogP contribution in [0.15, 0.2) is 18.2 Å². The number of aryl methyl sites for hydroxylation is 1. The number of nitrogens with zero attached hydrogens (tertiary/aromatic N) is 1. The third kappa shape index (κ3) is 2.80. The SMILES string of the molecule is CCC1(C(=O)Nc2ccc(C)c(N(C)C)c2)CCCN1. The first-order valence-electron chi connectivity index (χ1n) is 7.33. The second kappa shape index (κ2) is 5.83. The van der Waals surface area contributed by atoms with Crippen LogP contribution < -0.4 is 15.5 Å². The van der Waals surface area contributed by atoms with E-state index in [0.717, 1.165) is 37.2 Å². The highest BCUT2D eigenvalue weighted by atomic mass is 16.2. The lowest BCUT2D eigenvalue weighted by Gasteiger charge is -2.27. The molecular formula is C16H25N3O. The molecule has 4 nitrogen and oxygen atoms in total. The molecule has 1 aliphatic heterocycles. The van der Waals surface area contributed by atoms with Crippen LogP contribution in [-0.2, 0) is 4.79 Å². The summed E-state index contributed by atoms with van der Waals surface area (Å²) in [4.78, 5) is 14.6. The van der Waals surface area contributed by atoms with Gasteiger partial charge >= 0.3 is 0 Å². The second-order valence-electron chi connectivity index (χ2n) is 5.82. The van der Waals surface area contributed by atoms with E-state index in [-0.39, 0.29) is 11.4 Å². The smallest absolute Gasteiger partial charge is 0.244 e. The van der Waals surface area contributed by atoms with Crippen molar-refractivity contribution >= 4 is 17.3 Å². The number of amides is 1. The van der Waals surface area contributed by atoms with Gasteiger partial charge in [0.05, 0.1) is 5.54 Å². The lowest BCUT2D eigenvalue weighted by Crippen LogP contribution is -2.50. The van der Waals surface area contributed by atoms with Crippen molar-refractivity contribution in [1.82, 2.24) is 5.32 Å². The average molecular weight is 275 g/mol. The van der Waals surface area contributed by atoms with E-state index in [1.165, 1.54) is 5.56 Å². The molecule has 1 aromatic carbocycles. The Morgan fingerprint density at radius 2 is 2.20 bits per heavy atom. The zero-order valence-electron chi connectivity index (χ0n) is 12.9. The Morgan fingerprint density at radius 3 is 2.75 bits per heavy atom. The number of anilines is 2. The van der Waals surface area contributed by atoms with Gasteiger partial charge in [0.25, 0.3) is 0 Å². The number of benzene rings is 1. The fourth-order valence-corrected chi connectivity index (χ4v) is 2.88. The van der Waals surface area contributed by atoms with Crippen molar-refractivity contribution in [1.29, 1.82) is 0 Å². The van der Waals surface area contributed by atoms with Crippen molar-refractivity contribution in [2.75, 3.05) is 30.9 Å². The fourth-order valence-electron chi connectivity index (χ4n) is 2.88. The standard InChI is InChI=1S/C16H25N3O/c1-5-16(9-6-10-17-16)15(20)18-13-8-7-12(2)14(11-13)19(3)4/h7-8,11,17H,5-6,9-10H2,1-4H3,(H,18,20). The first-order chi connectivity index (χ1) is 9.48. The zero-order valence-corrected chi connectivity index (χ0v) is 12.9. The summed E-state index contributed by atoms with van der Waals surface area (Å²) < 4.78 is 0. The molecular weight excluding hydrogens is 250 g/mol. The Balaban J connectivity index is 2.17. The van der Waals surface area contributed by atoms with E-state index in [0.29, 0.717) is 0 Å².